The smallest absolute Gasteiger partial charge is 0.278 e. The molecule has 0 bridgehead atoms. The molecule has 8 heteroatoms. The van der Waals surface area contributed by atoms with E-state index in [0.29, 0.717) is 34.4 Å². The van der Waals surface area contributed by atoms with Crippen molar-refractivity contribution in [2.24, 2.45) is 0 Å². The van der Waals surface area contributed by atoms with Crippen molar-refractivity contribution >= 4 is 46.3 Å². The van der Waals surface area contributed by atoms with E-state index in [1.54, 1.807) is 36.4 Å². The van der Waals surface area contributed by atoms with Crippen molar-refractivity contribution < 1.29 is 18.7 Å². The number of hydrogen-bond acceptors (Lipinski definition) is 5. The van der Waals surface area contributed by atoms with Crippen molar-refractivity contribution in [1.82, 2.24) is 4.90 Å². The molecule has 158 valence electrons. The largest absolute Gasteiger partial charge is 0.492 e. The first-order valence-corrected chi connectivity index (χ1v) is 10.3. The summed E-state index contributed by atoms with van der Waals surface area (Å²) < 4.78 is 11.0. The van der Waals surface area contributed by atoms with Gasteiger partial charge in [0, 0.05) is 10.6 Å². The van der Waals surface area contributed by atoms with Crippen LogP contribution < -0.4 is 10.1 Å². The van der Waals surface area contributed by atoms with E-state index < -0.39 is 11.8 Å². The molecule has 3 aromatic rings. The van der Waals surface area contributed by atoms with Crippen LogP contribution in [0.4, 0.5) is 5.69 Å². The second kappa shape index (κ2) is 8.88. The highest BCUT2D eigenvalue weighted by molar-refractivity contribution is 6.41. The predicted octanol–water partition coefficient (Wildman–Crippen LogP) is 5.38. The van der Waals surface area contributed by atoms with Crippen LogP contribution in [0.1, 0.15) is 18.2 Å². The molecular weight excluding hydrogens is 439 g/mol. The molecule has 1 aliphatic heterocycles. The first kappa shape index (κ1) is 21.0. The van der Waals surface area contributed by atoms with Gasteiger partial charge in [-0.05, 0) is 43.3 Å². The minimum absolute atomic E-state index is 0.00232. The number of rotatable bonds is 7. The minimum atomic E-state index is -0.492. The fourth-order valence-corrected chi connectivity index (χ4v) is 3.82. The first-order chi connectivity index (χ1) is 15.0. The highest BCUT2D eigenvalue weighted by Crippen LogP contribution is 2.37. The van der Waals surface area contributed by atoms with Crippen LogP contribution in [0.15, 0.2) is 71.0 Å². The van der Waals surface area contributed by atoms with Crippen LogP contribution in [0.25, 0.3) is 5.57 Å². The first-order valence-electron chi connectivity index (χ1n) is 9.56. The van der Waals surface area contributed by atoms with Crippen molar-refractivity contribution in [3.05, 3.63) is 87.9 Å². The molecule has 1 N–H and O–H groups in total. The lowest BCUT2D eigenvalue weighted by molar-refractivity contribution is -0.137. The summed E-state index contributed by atoms with van der Waals surface area (Å²) in [4.78, 5) is 27.8. The molecule has 0 spiro atoms. The summed E-state index contributed by atoms with van der Waals surface area (Å²) >= 11 is 12.4. The minimum Gasteiger partial charge on any atom is -0.492 e. The molecule has 2 amide bonds. The maximum absolute atomic E-state index is 13.3. The lowest BCUT2D eigenvalue weighted by Gasteiger charge is -2.15. The number of carbonyl (C=O) groups is 2. The lowest BCUT2D eigenvalue weighted by Crippen LogP contribution is -2.31. The van der Waals surface area contributed by atoms with Crippen LogP contribution in [-0.2, 0) is 16.1 Å². The molecule has 0 saturated carbocycles. The van der Waals surface area contributed by atoms with Crippen LogP contribution in [0.5, 0.6) is 5.75 Å². The zero-order valence-electron chi connectivity index (χ0n) is 16.5. The molecule has 0 aliphatic carbocycles. The van der Waals surface area contributed by atoms with Crippen LogP contribution in [0.2, 0.25) is 10.0 Å². The molecule has 0 unspecified atom stereocenters. The van der Waals surface area contributed by atoms with Gasteiger partial charge in [-0.1, -0.05) is 41.4 Å². The Balaban J connectivity index is 1.80. The Morgan fingerprint density at radius 3 is 2.55 bits per heavy atom. The SMILES string of the molecule is CCOc1ccccc1NC1=C(c2ccc(Cl)cc2Cl)C(=O)N(Cc2ccco2)C1=O. The number of nitrogens with zero attached hydrogens (tertiary/aromatic N) is 1. The number of para-hydroxylation sites is 2. The number of anilines is 1. The fourth-order valence-electron chi connectivity index (χ4n) is 3.32. The van der Waals surface area contributed by atoms with Gasteiger partial charge in [-0.25, -0.2) is 0 Å². The summed E-state index contributed by atoms with van der Waals surface area (Å²) in [7, 11) is 0. The number of ether oxygens (including phenoxy) is 1. The van der Waals surface area contributed by atoms with Crippen molar-refractivity contribution in [2.45, 2.75) is 13.5 Å². The summed E-state index contributed by atoms with van der Waals surface area (Å²) in [6, 6.07) is 15.4. The standard InChI is InChI=1S/C23H18Cl2N2O4/c1-2-30-19-8-4-3-7-18(19)26-21-20(16-10-9-14(24)12-17(16)25)22(28)27(23(21)29)13-15-6-5-11-31-15/h3-12,26H,2,13H2,1H3. The Labute approximate surface area is 189 Å². The Morgan fingerprint density at radius 1 is 1.03 bits per heavy atom. The van der Waals surface area contributed by atoms with E-state index in [0.717, 1.165) is 4.90 Å². The van der Waals surface area contributed by atoms with Gasteiger partial charge in [-0.3, -0.25) is 14.5 Å². The summed E-state index contributed by atoms with van der Waals surface area (Å²) in [6.45, 7) is 2.31. The number of nitrogens with one attached hydrogen (secondary N) is 1. The lowest BCUT2D eigenvalue weighted by atomic mass is 10.0. The van der Waals surface area contributed by atoms with Crippen molar-refractivity contribution in [3.63, 3.8) is 0 Å². The Bertz CT molecular complexity index is 1170. The zero-order valence-corrected chi connectivity index (χ0v) is 18.0. The topological polar surface area (TPSA) is 71.8 Å². The van der Waals surface area contributed by atoms with Gasteiger partial charge in [0.05, 0.1) is 35.7 Å². The number of furan rings is 1. The molecule has 0 fully saturated rings. The van der Waals surface area contributed by atoms with Gasteiger partial charge in [-0.2, -0.15) is 0 Å². The van der Waals surface area contributed by atoms with Gasteiger partial charge in [0.25, 0.3) is 11.8 Å². The Hall–Kier alpha value is -3.22. The van der Waals surface area contributed by atoms with E-state index in [2.05, 4.69) is 5.32 Å². The third-order valence-corrected chi connectivity index (χ3v) is 5.26. The van der Waals surface area contributed by atoms with Crippen LogP contribution in [-0.4, -0.2) is 23.3 Å². The Kier molecular flexibility index (Phi) is 6.02. The molecule has 0 atom stereocenters. The monoisotopic (exact) mass is 456 g/mol. The van der Waals surface area contributed by atoms with Gasteiger partial charge in [0.2, 0.25) is 0 Å². The molecule has 6 nitrogen and oxygen atoms in total. The average molecular weight is 457 g/mol. The summed E-state index contributed by atoms with van der Waals surface area (Å²) in [5.41, 5.74) is 1.23. The molecular formula is C23H18Cl2N2O4. The molecule has 31 heavy (non-hydrogen) atoms. The number of carbonyl (C=O) groups excluding carboxylic acids is 2. The van der Waals surface area contributed by atoms with Gasteiger partial charge in [-0.15, -0.1) is 0 Å². The van der Waals surface area contributed by atoms with Crippen LogP contribution in [0, 0.1) is 0 Å². The van der Waals surface area contributed by atoms with Crippen molar-refractivity contribution in [3.8, 4) is 5.75 Å². The number of benzene rings is 2. The maximum Gasteiger partial charge on any atom is 0.278 e. The molecule has 1 aromatic heterocycles. The molecule has 2 aromatic carbocycles. The second-order valence-corrected chi connectivity index (χ2v) is 7.55. The van der Waals surface area contributed by atoms with E-state index in [1.165, 1.54) is 12.3 Å². The Morgan fingerprint density at radius 2 is 1.84 bits per heavy atom. The fraction of sp³-hybridized carbons (Fsp3) is 0.130. The van der Waals surface area contributed by atoms with Crippen molar-refractivity contribution in [2.75, 3.05) is 11.9 Å². The van der Waals surface area contributed by atoms with Crippen LogP contribution in [0.3, 0.4) is 0 Å². The maximum atomic E-state index is 13.3. The zero-order chi connectivity index (χ0) is 22.0. The molecule has 0 radical (unpaired) electrons. The molecule has 2 heterocycles. The number of imide groups is 1. The number of halogens is 2. The third-order valence-electron chi connectivity index (χ3n) is 4.71. The quantitative estimate of drug-likeness (QED) is 0.483. The molecule has 0 saturated heterocycles. The molecule has 4 rings (SSSR count). The second-order valence-electron chi connectivity index (χ2n) is 6.70. The van der Waals surface area contributed by atoms with E-state index in [4.69, 9.17) is 32.4 Å². The van der Waals surface area contributed by atoms with E-state index in [1.807, 2.05) is 19.1 Å². The molecule has 1 aliphatic rings. The van der Waals surface area contributed by atoms with Gasteiger partial charge >= 0.3 is 0 Å². The summed E-state index contributed by atoms with van der Waals surface area (Å²) in [5, 5.41) is 3.79. The number of hydrogen-bond donors (Lipinski definition) is 1. The van der Waals surface area contributed by atoms with Gasteiger partial charge in [0.1, 0.15) is 17.2 Å². The summed E-state index contributed by atoms with van der Waals surface area (Å²) in [6.07, 6.45) is 1.49. The van der Waals surface area contributed by atoms with E-state index in [-0.39, 0.29) is 22.8 Å². The van der Waals surface area contributed by atoms with E-state index >= 15 is 0 Å². The normalized spacial score (nSPS) is 13.8. The van der Waals surface area contributed by atoms with Gasteiger partial charge in [0.15, 0.2) is 0 Å². The van der Waals surface area contributed by atoms with Crippen molar-refractivity contribution in [1.29, 1.82) is 0 Å². The predicted molar refractivity (Wildman–Crippen MR) is 119 cm³/mol. The van der Waals surface area contributed by atoms with E-state index in [9.17, 15) is 9.59 Å². The van der Waals surface area contributed by atoms with Gasteiger partial charge < -0.3 is 14.5 Å². The average Bonchev–Trinajstić information content (AvgIpc) is 3.33. The third kappa shape index (κ3) is 4.17. The highest BCUT2D eigenvalue weighted by Gasteiger charge is 2.40. The van der Waals surface area contributed by atoms with Crippen LogP contribution >= 0.6 is 23.2 Å². The highest BCUT2D eigenvalue weighted by atomic mass is 35.5. The number of amides is 2. The summed E-state index contributed by atoms with van der Waals surface area (Å²) in [5.74, 6) is 0.0683.